The molecule has 0 fully saturated rings. The monoisotopic (exact) mass is 350 g/mol. The lowest BCUT2D eigenvalue weighted by Gasteiger charge is -2.07. The van der Waals surface area contributed by atoms with Gasteiger partial charge in [0.2, 0.25) is 0 Å². The highest BCUT2D eigenvalue weighted by Gasteiger charge is 2.28. The van der Waals surface area contributed by atoms with Gasteiger partial charge < -0.3 is 14.3 Å². The second-order valence-corrected chi connectivity index (χ2v) is 6.87. The van der Waals surface area contributed by atoms with Crippen LogP contribution in [0.25, 0.3) is 10.9 Å². The number of furan rings is 1. The molecule has 3 aromatic rings. The Kier molecular flexibility index (Phi) is 4.15. The molecule has 5 nitrogen and oxygen atoms in total. The number of aromatic nitrogens is 1. The lowest BCUT2D eigenvalue weighted by molar-refractivity contribution is 0.0963. The van der Waals surface area contributed by atoms with Crippen molar-refractivity contribution in [2.24, 2.45) is 0 Å². The fourth-order valence-electron chi connectivity index (χ4n) is 3.77. The standard InChI is InChI=1S/C21H22N2O3/c1-3-10-23-11-9-14-12-15(7-8-16(14)23)22-21(25)20-13(2)19-17(24)5-4-6-18(19)26-20/h7-9,11-12H,3-6,10H2,1-2H3,(H,22,25). The summed E-state index contributed by atoms with van der Waals surface area (Å²) in [5, 5.41) is 3.99. The van der Waals surface area contributed by atoms with Crippen LogP contribution in [0.3, 0.4) is 0 Å². The summed E-state index contributed by atoms with van der Waals surface area (Å²) in [5.41, 5.74) is 3.13. The van der Waals surface area contributed by atoms with Gasteiger partial charge in [-0.1, -0.05) is 6.92 Å². The zero-order valence-electron chi connectivity index (χ0n) is 15.1. The van der Waals surface area contributed by atoms with Gasteiger partial charge in [-0.3, -0.25) is 9.59 Å². The zero-order valence-corrected chi connectivity index (χ0v) is 15.1. The maximum absolute atomic E-state index is 12.7. The van der Waals surface area contributed by atoms with Crippen LogP contribution in [-0.2, 0) is 13.0 Å². The Morgan fingerprint density at radius 2 is 2.12 bits per heavy atom. The average Bonchev–Trinajstić information content (AvgIpc) is 3.17. The van der Waals surface area contributed by atoms with Gasteiger partial charge in [0.05, 0.1) is 5.56 Å². The number of fused-ring (bicyclic) bond motifs is 2. The van der Waals surface area contributed by atoms with E-state index >= 15 is 0 Å². The van der Waals surface area contributed by atoms with Gasteiger partial charge in [-0.2, -0.15) is 0 Å². The maximum atomic E-state index is 12.7. The minimum absolute atomic E-state index is 0.0743. The van der Waals surface area contributed by atoms with Crippen LogP contribution >= 0.6 is 0 Å². The minimum atomic E-state index is -0.308. The number of anilines is 1. The van der Waals surface area contributed by atoms with Crippen molar-refractivity contribution < 1.29 is 14.0 Å². The summed E-state index contributed by atoms with van der Waals surface area (Å²) in [7, 11) is 0. The molecule has 1 N–H and O–H groups in total. The molecular formula is C21H22N2O3. The highest BCUT2D eigenvalue weighted by molar-refractivity contribution is 6.08. The van der Waals surface area contributed by atoms with Gasteiger partial charge in [-0.05, 0) is 44.0 Å². The van der Waals surface area contributed by atoms with Gasteiger partial charge in [0, 0.05) is 47.7 Å². The number of carbonyl (C=O) groups excluding carboxylic acids is 2. The van der Waals surface area contributed by atoms with Crippen LogP contribution in [-0.4, -0.2) is 16.3 Å². The van der Waals surface area contributed by atoms with Gasteiger partial charge >= 0.3 is 0 Å². The van der Waals surface area contributed by atoms with E-state index in [9.17, 15) is 9.59 Å². The number of amides is 1. The van der Waals surface area contributed by atoms with Gasteiger partial charge in [0.15, 0.2) is 11.5 Å². The molecule has 26 heavy (non-hydrogen) atoms. The summed E-state index contributed by atoms with van der Waals surface area (Å²) in [4.78, 5) is 24.8. The summed E-state index contributed by atoms with van der Waals surface area (Å²) in [6, 6.07) is 7.93. The summed E-state index contributed by atoms with van der Waals surface area (Å²) < 4.78 is 7.93. The van der Waals surface area contributed by atoms with E-state index < -0.39 is 0 Å². The fraction of sp³-hybridized carbons (Fsp3) is 0.333. The average molecular weight is 350 g/mol. The van der Waals surface area contributed by atoms with E-state index in [1.165, 1.54) is 0 Å². The normalized spacial score (nSPS) is 13.8. The maximum Gasteiger partial charge on any atom is 0.291 e. The number of aryl methyl sites for hydroxylation is 2. The molecule has 1 aromatic carbocycles. The molecule has 2 aromatic heterocycles. The Balaban J connectivity index is 1.61. The first-order valence-electron chi connectivity index (χ1n) is 9.14. The lowest BCUT2D eigenvalue weighted by atomic mass is 9.94. The van der Waals surface area contributed by atoms with Crippen molar-refractivity contribution in [3.8, 4) is 0 Å². The summed E-state index contributed by atoms with van der Waals surface area (Å²) >= 11 is 0. The molecule has 134 valence electrons. The zero-order chi connectivity index (χ0) is 18.3. The molecule has 0 spiro atoms. The summed E-state index contributed by atoms with van der Waals surface area (Å²) in [6.45, 7) is 4.91. The van der Waals surface area contributed by atoms with Crippen molar-refractivity contribution in [1.82, 2.24) is 4.57 Å². The van der Waals surface area contributed by atoms with E-state index in [0.29, 0.717) is 29.7 Å². The molecule has 0 aliphatic heterocycles. The largest absolute Gasteiger partial charge is 0.455 e. The van der Waals surface area contributed by atoms with Crippen LogP contribution < -0.4 is 5.32 Å². The Labute approximate surface area is 152 Å². The first-order chi connectivity index (χ1) is 12.6. The Hall–Kier alpha value is -2.82. The molecule has 2 heterocycles. The third kappa shape index (κ3) is 2.73. The van der Waals surface area contributed by atoms with E-state index in [2.05, 4.69) is 29.1 Å². The first kappa shape index (κ1) is 16.6. The first-order valence-corrected chi connectivity index (χ1v) is 9.14. The van der Waals surface area contributed by atoms with Crippen molar-refractivity contribution in [2.75, 3.05) is 5.32 Å². The summed E-state index contributed by atoms with van der Waals surface area (Å²) in [6.07, 6.45) is 5.16. The van der Waals surface area contributed by atoms with Crippen molar-refractivity contribution in [3.63, 3.8) is 0 Å². The minimum Gasteiger partial charge on any atom is -0.455 e. The van der Waals surface area contributed by atoms with Gasteiger partial charge in [0.25, 0.3) is 5.91 Å². The number of nitrogens with zero attached hydrogens (tertiary/aromatic N) is 1. The molecule has 0 atom stereocenters. The van der Waals surface area contributed by atoms with Crippen LogP contribution in [0.5, 0.6) is 0 Å². The van der Waals surface area contributed by atoms with Gasteiger partial charge in [-0.15, -0.1) is 0 Å². The number of nitrogens with one attached hydrogen (secondary N) is 1. The topological polar surface area (TPSA) is 64.2 Å². The van der Waals surface area contributed by atoms with Crippen LogP contribution in [0, 0.1) is 6.92 Å². The molecule has 0 saturated heterocycles. The third-order valence-corrected chi connectivity index (χ3v) is 5.01. The number of carbonyl (C=O) groups is 2. The summed E-state index contributed by atoms with van der Waals surface area (Å²) in [5.74, 6) is 0.659. The predicted molar refractivity (Wildman–Crippen MR) is 101 cm³/mol. The fourth-order valence-corrected chi connectivity index (χ4v) is 3.77. The van der Waals surface area contributed by atoms with E-state index in [0.717, 1.165) is 36.0 Å². The van der Waals surface area contributed by atoms with Crippen LogP contribution in [0.2, 0.25) is 0 Å². The van der Waals surface area contributed by atoms with E-state index in [1.807, 2.05) is 18.2 Å². The molecule has 0 unspecified atom stereocenters. The molecule has 5 heteroatoms. The van der Waals surface area contributed by atoms with Crippen molar-refractivity contribution in [1.29, 1.82) is 0 Å². The number of Topliss-reactive ketones (excluding diaryl/α,β-unsaturated/α-hetero) is 1. The highest BCUT2D eigenvalue weighted by atomic mass is 16.4. The van der Waals surface area contributed by atoms with Crippen molar-refractivity contribution >= 4 is 28.3 Å². The molecule has 1 aliphatic carbocycles. The second kappa shape index (κ2) is 6.48. The van der Waals surface area contributed by atoms with Gasteiger partial charge in [0.1, 0.15) is 5.76 Å². The molecule has 0 saturated carbocycles. The van der Waals surface area contributed by atoms with Crippen molar-refractivity contribution in [3.05, 3.63) is 53.1 Å². The van der Waals surface area contributed by atoms with Crippen LogP contribution in [0.4, 0.5) is 5.69 Å². The smallest absolute Gasteiger partial charge is 0.291 e. The van der Waals surface area contributed by atoms with Crippen molar-refractivity contribution in [2.45, 2.75) is 46.1 Å². The predicted octanol–water partition coefficient (Wildman–Crippen LogP) is 4.72. The molecular weight excluding hydrogens is 328 g/mol. The highest BCUT2D eigenvalue weighted by Crippen LogP contribution is 2.30. The van der Waals surface area contributed by atoms with Gasteiger partial charge in [-0.25, -0.2) is 0 Å². The number of hydrogen-bond acceptors (Lipinski definition) is 3. The quantitative estimate of drug-likeness (QED) is 0.740. The number of hydrogen-bond donors (Lipinski definition) is 1. The lowest BCUT2D eigenvalue weighted by Crippen LogP contribution is -2.13. The second-order valence-electron chi connectivity index (χ2n) is 6.87. The molecule has 4 rings (SSSR count). The SMILES string of the molecule is CCCn1ccc2cc(NC(=O)c3oc4c(c3C)C(=O)CCC4)ccc21. The Morgan fingerprint density at radius 3 is 2.88 bits per heavy atom. The molecule has 0 bridgehead atoms. The van der Waals surface area contributed by atoms with E-state index in [1.54, 1.807) is 6.92 Å². The van der Waals surface area contributed by atoms with Crippen LogP contribution in [0.15, 0.2) is 34.9 Å². The molecule has 1 amide bonds. The third-order valence-electron chi connectivity index (χ3n) is 5.01. The number of rotatable bonds is 4. The molecule has 0 radical (unpaired) electrons. The van der Waals surface area contributed by atoms with Crippen LogP contribution in [0.1, 0.15) is 58.4 Å². The number of ketones is 1. The Morgan fingerprint density at radius 1 is 1.27 bits per heavy atom. The van der Waals surface area contributed by atoms with E-state index in [4.69, 9.17) is 4.42 Å². The number of benzene rings is 1. The van der Waals surface area contributed by atoms with E-state index in [-0.39, 0.29) is 17.5 Å². The molecule has 1 aliphatic rings. The Bertz CT molecular complexity index is 1010.